The third kappa shape index (κ3) is 3.20. The summed E-state index contributed by atoms with van der Waals surface area (Å²) in [4.78, 5) is 10.7. The minimum atomic E-state index is 0.116. The molecule has 0 spiro atoms. The lowest BCUT2D eigenvalue weighted by molar-refractivity contribution is 0.390. The standard InChI is InChI=1S/C19H24ClN5O2/c1-26-14-7-13(8-15(9-14)27-2)25-11-3-4-12(25)6-10(5-11)16-17(20)23-19(22)24-18(16)21/h7-12H,3-6H2,1-2H3,(H4,21,22,23,24). The fourth-order valence-electron chi connectivity index (χ4n) is 4.63. The summed E-state index contributed by atoms with van der Waals surface area (Å²) in [5, 5.41) is 0.376. The fraction of sp³-hybridized carbons (Fsp3) is 0.474. The quantitative estimate of drug-likeness (QED) is 0.774. The Balaban J connectivity index is 1.64. The Bertz CT molecular complexity index is 803. The van der Waals surface area contributed by atoms with Gasteiger partial charge in [0.1, 0.15) is 22.5 Å². The molecule has 0 aliphatic carbocycles. The third-order valence-electron chi connectivity index (χ3n) is 5.72. The van der Waals surface area contributed by atoms with E-state index in [1.54, 1.807) is 14.2 Å². The average Bonchev–Trinajstić information content (AvgIpc) is 2.90. The van der Waals surface area contributed by atoms with Crippen molar-refractivity contribution in [1.29, 1.82) is 0 Å². The van der Waals surface area contributed by atoms with Crippen LogP contribution in [0, 0.1) is 0 Å². The first-order chi connectivity index (χ1) is 13.0. The summed E-state index contributed by atoms with van der Waals surface area (Å²) in [7, 11) is 3.34. The summed E-state index contributed by atoms with van der Waals surface area (Å²) in [6, 6.07) is 6.84. The summed E-state index contributed by atoms with van der Waals surface area (Å²) < 4.78 is 10.9. The number of methoxy groups -OCH3 is 2. The van der Waals surface area contributed by atoms with Crippen molar-refractivity contribution < 1.29 is 9.47 Å². The Kier molecular flexibility index (Phi) is 4.63. The highest BCUT2D eigenvalue weighted by atomic mass is 35.5. The number of aromatic nitrogens is 2. The van der Waals surface area contributed by atoms with Crippen LogP contribution in [0.1, 0.15) is 37.2 Å². The molecule has 2 saturated heterocycles. The number of hydrogen-bond acceptors (Lipinski definition) is 7. The highest BCUT2D eigenvalue weighted by Crippen LogP contribution is 2.48. The van der Waals surface area contributed by atoms with Crippen LogP contribution in [0.4, 0.5) is 17.5 Å². The fourth-order valence-corrected chi connectivity index (χ4v) is 4.97. The van der Waals surface area contributed by atoms with Crippen LogP contribution in [0.5, 0.6) is 11.5 Å². The second kappa shape index (κ2) is 6.96. The molecule has 144 valence electrons. The zero-order chi connectivity index (χ0) is 19.1. The molecule has 4 rings (SSSR count). The molecule has 7 nitrogen and oxygen atoms in total. The number of rotatable bonds is 4. The number of anilines is 3. The van der Waals surface area contributed by atoms with E-state index >= 15 is 0 Å². The monoisotopic (exact) mass is 389 g/mol. The molecule has 0 amide bonds. The highest BCUT2D eigenvalue weighted by Gasteiger charge is 2.42. The largest absolute Gasteiger partial charge is 0.497 e. The number of nitrogen functional groups attached to an aromatic ring is 2. The molecule has 2 aliphatic heterocycles. The van der Waals surface area contributed by atoms with Gasteiger partial charge in [-0.25, -0.2) is 4.98 Å². The van der Waals surface area contributed by atoms with Crippen LogP contribution in [-0.2, 0) is 0 Å². The minimum Gasteiger partial charge on any atom is -0.497 e. The van der Waals surface area contributed by atoms with Gasteiger partial charge < -0.3 is 25.8 Å². The van der Waals surface area contributed by atoms with E-state index in [2.05, 4.69) is 27.0 Å². The Hall–Kier alpha value is -2.41. The molecule has 0 radical (unpaired) electrons. The van der Waals surface area contributed by atoms with Crippen LogP contribution in [-0.4, -0.2) is 36.3 Å². The van der Waals surface area contributed by atoms with Gasteiger partial charge in [0, 0.05) is 41.5 Å². The third-order valence-corrected chi connectivity index (χ3v) is 6.01. The van der Waals surface area contributed by atoms with Crippen LogP contribution in [0.15, 0.2) is 18.2 Å². The second-order valence-corrected chi connectivity index (χ2v) is 7.56. The lowest BCUT2D eigenvalue weighted by Gasteiger charge is -2.41. The maximum absolute atomic E-state index is 6.36. The van der Waals surface area contributed by atoms with Crippen LogP contribution >= 0.6 is 11.6 Å². The van der Waals surface area contributed by atoms with Crippen molar-refractivity contribution in [1.82, 2.24) is 9.97 Å². The van der Waals surface area contributed by atoms with E-state index in [-0.39, 0.29) is 11.9 Å². The molecule has 8 heteroatoms. The first-order valence-corrected chi connectivity index (χ1v) is 9.47. The van der Waals surface area contributed by atoms with Crippen molar-refractivity contribution in [2.24, 2.45) is 0 Å². The molecule has 2 unspecified atom stereocenters. The van der Waals surface area contributed by atoms with E-state index in [1.165, 1.54) is 0 Å². The van der Waals surface area contributed by atoms with Gasteiger partial charge in [0.2, 0.25) is 5.95 Å². The molecule has 2 aliphatic rings. The van der Waals surface area contributed by atoms with Crippen molar-refractivity contribution in [3.05, 3.63) is 28.9 Å². The number of hydrogen-bond donors (Lipinski definition) is 2. The zero-order valence-corrected chi connectivity index (χ0v) is 16.2. The van der Waals surface area contributed by atoms with Crippen molar-refractivity contribution in [2.45, 2.75) is 43.7 Å². The van der Waals surface area contributed by atoms with Gasteiger partial charge >= 0.3 is 0 Å². The number of nitrogens with two attached hydrogens (primary N) is 2. The maximum Gasteiger partial charge on any atom is 0.223 e. The number of halogens is 1. The van der Waals surface area contributed by atoms with Crippen molar-refractivity contribution in [3.63, 3.8) is 0 Å². The molecule has 0 saturated carbocycles. The van der Waals surface area contributed by atoms with Gasteiger partial charge in [-0.3, -0.25) is 0 Å². The van der Waals surface area contributed by atoms with E-state index < -0.39 is 0 Å². The minimum absolute atomic E-state index is 0.116. The summed E-state index contributed by atoms with van der Waals surface area (Å²) in [6.45, 7) is 0. The number of ether oxygens (including phenoxy) is 2. The van der Waals surface area contributed by atoms with E-state index in [0.29, 0.717) is 23.1 Å². The number of nitrogens with zero attached hydrogens (tertiary/aromatic N) is 3. The number of piperidine rings is 1. The molecule has 4 N–H and O–H groups in total. The van der Waals surface area contributed by atoms with Crippen LogP contribution in [0.2, 0.25) is 5.15 Å². The predicted octanol–water partition coefficient (Wildman–Crippen LogP) is 3.23. The number of fused-ring (bicyclic) bond motifs is 2. The molecule has 3 heterocycles. The van der Waals surface area contributed by atoms with Gasteiger partial charge in [0.05, 0.1) is 14.2 Å². The molecule has 27 heavy (non-hydrogen) atoms. The van der Waals surface area contributed by atoms with Crippen molar-refractivity contribution >= 4 is 29.1 Å². The SMILES string of the molecule is COc1cc(OC)cc(N2C3CCC2CC(c2c(N)nc(N)nc2Cl)C3)c1. The summed E-state index contributed by atoms with van der Waals surface area (Å²) in [6.07, 6.45) is 4.17. The highest BCUT2D eigenvalue weighted by molar-refractivity contribution is 6.30. The van der Waals surface area contributed by atoms with Gasteiger partial charge in [-0.15, -0.1) is 0 Å². The van der Waals surface area contributed by atoms with Crippen LogP contribution in [0.3, 0.4) is 0 Å². The van der Waals surface area contributed by atoms with Crippen molar-refractivity contribution in [2.75, 3.05) is 30.6 Å². The maximum atomic E-state index is 6.36. The van der Waals surface area contributed by atoms with Gasteiger partial charge in [-0.05, 0) is 31.6 Å². The average molecular weight is 390 g/mol. The normalized spacial score (nSPS) is 24.1. The predicted molar refractivity (Wildman–Crippen MR) is 107 cm³/mol. The van der Waals surface area contributed by atoms with Gasteiger partial charge in [-0.2, -0.15) is 4.98 Å². The number of benzene rings is 1. The Morgan fingerprint density at radius 2 is 1.59 bits per heavy atom. The van der Waals surface area contributed by atoms with E-state index in [1.807, 2.05) is 6.07 Å². The van der Waals surface area contributed by atoms with Gasteiger partial charge in [-0.1, -0.05) is 11.6 Å². The Morgan fingerprint density at radius 3 is 2.11 bits per heavy atom. The van der Waals surface area contributed by atoms with E-state index in [0.717, 1.165) is 48.4 Å². The lowest BCUT2D eigenvalue weighted by Crippen LogP contribution is -2.42. The molecular weight excluding hydrogens is 366 g/mol. The first kappa shape index (κ1) is 18.0. The summed E-state index contributed by atoms with van der Waals surface area (Å²) in [5.74, 6) is 2.34. The molecule has 2 bridgehead atoms. The molecular formula is C19H24ClN5O2. The van der Waals surface area contributed by atoms with Crippen LogP contribution in [0.25, 0.3) is 0 Å². The van der Waals surface area contributed by atoms with Crippen molar-refractivity contribution in [3.8, 4) is 11.5 Å². The topological polar surface area (TPSA) is 99.5 Å². The Morgan fingerprint density at radius 1 is 1.00 bits per heavy atom. The zero-order valence-electron chi connectivity index (χ0n) is 15.5. The Labute approximate surface area is 163 Å². The molecule has 1 aromatic heterocycles. The first-order valence-electron chi connectivity index (χ1n) is 9.10. The second-order valence-electron chi connectivity index (χ2n) is 7.20. The van der Waals surface area contributed by atoms with Gasteiger partial charge in [0.25, 0.3) is 0 Å². The smallest absolute Gasteiger partial charge is 0.223 e. The van der Waals surface area contributed by atoms with E-state index in [4.69, 9.17) is 32.5 Å². The summed E-state index contributed by atoms with van der Waals surface area (Å²) >= 11 is 6.36. The molecule has 2 fully saturated rings. The summed E-state index contributed by atoms with van der Waals surface area (Å²) in [5.41, 5.74) is 13.8. The molecule has 2 atom stereocenters. The van der Waals surface area contributed by atoms with Crippen LogP contribution < -0.4 is 25.8 Å². The lowest BCUT2D eigenvalue weighted by atomic mass is 9.85. The molecule has 1 aromatic carbocycles. The van der Waals surface area contributed by atoms with Gasteiger partial charge in [0.15, 0.2) is 0 Å². The molecule has 2 aromatic rings. The van der Waals surface area contributed by atoms with E-state index in [9.17, 15) is 0 Å².